The van der Waals surface area contributed by atoms with Gasteiger partial charge in [-0.15, -0.1) is 0 Å². The van der Waals surface area contributed by atoms with Gasteiger partial charge in [-0.2, -0.15) is 0 Å². The summed E-state index contributed by atoms with van der Waals surface area (Å²) >= 11 is 0. The predicted molar refractivity (Wildman–Crippen MR) is 76.9 cm³/mol. The first-order valence-electron chi connectivity index (χ1n) is 6.46. The molecule has 110 valence electrons. The minimum Gasteiger partial charge on any atom is -0.481 e. The molecule has 1 unspecified atom stereocenters. The smallest absolute Gasteiger partial charge is 0.308 e. The normalized spacial score (nSPS) is 12.0. The number of rotatable bonds is 6. The zero-order valence-electron chi connectivity index (χ0n) is 12.3. The fourth-order valence-corrected chi connectivity index (χ4v) is 2.00. The molecule has 1 rings (SSSR count). The van der Waals surface area contributed by atoms with Crippen molar-refractivity contribution in [3.8, 4) is 0 Å². The van der Waals surface area contributed by atoms with Gasteiger partial charge < -0.3 is 14.7 Å². The van der Waals surface area contributed by atoms with Crippen LogP contribution < -0.4 is 4.90 Å². The van der Waals surface area contributed by atoms with E-state index in [-0.39, 0.29) is 19.1 Å². The maximum atomic E-state index is 12.1. The van der Waals surface area contributed by atoms with Crippen LogP contribution >= 0.6 is 0 Å². The highest BCUT2D eigenvalue weighted by molar-refractivity contribution is 5.95. The van der Waals surface area contributed by atoms with E-state index in [2.05, 4.69) is 0 Å². The van der Waals surface area contributed by atoms with Crippen LogP contribution in [0.2, 0.25) is 0 Å². The third kappa shape index (κ3) is 4.06. The van der Waals surface area contributed by atoms with Gasteiger partial charge in [0.05, 0.1) is 5.92 Å². The maximum Gasteiger partial charge on any atom is 0.308 e. The Hall–Kier alpha value is -1.88. The summed E-state index contributed by atoms with van der Waals surface area (Å²) < 4.78 is 4.87. The summed E-state index contributed by atoms with van der Waals surface area (Å²) in [6, 6.07) is 5.71. The van der Waals surface area contributed by atoms with E-state index in [4.69, 9.17) is 9.84 Å². The van der Waals surface area contributed by atoms with Crippen molar-refractivity contribution >= 4 is 17.6 Å². The first-order valence-corrected chi connectivity index (χ1v) is 6.46. The van der Waals surface area contributed by atoms with Gasteiger partial charge >= 0.3 is 5.97 Å². The van der Waals surface area contributed by atoms with Crippen molar-refractivity contribution in [2.24, 2.45) is 5.92 Å². The van der Waals surface area contributed by atoms with Gasteiger partial charge in [0, 0.05) is 19.3 Å². The number of hydrogen-bond donors (Lipinski definition) is 1. The molecular formula is C15H21NO4. The molecule has 0 aliphatic rings. The van der Waals surface area contributed by atoms with E-state index in [0.717, 1.165) is 16.8 Å². The molecule has 20 heavy (non-hydrogen) atoms. The molecule has 0 aromatic heterocycles. The first kappa shape index (κ1) is 16.2. The number of benzene rings is 1. The van der Waals surface area contributed by atoms with Gasteiger partial charge in [-0.3, -0.25) is 9.59 Å². The van der Waals surface area contributed by atoms with Gasteiger partial charge in [0.2, 0.25) is 0 Å². The molecule has 0 aliphatic heterocycles. The second-order valence-electron chi connectivity index (χ2n) is 4.97. The molecule has 1 aromatic rings. The van der Waals surface area contributed by atoms with Crippen molar-refractivity contribution in [2.75, 3.05) is 25.2 Å². The van der Waals surface area contributed by atoms with E-state index in [1.807, 2.05) is 32.0 Å². The average Bonchev–Trinajstić information content (AvgIpc) is 2.36. The highest BCUT2D eigenvalue weighted by Gasteiger charge is 2.23. The average molecular weight is 279 g/mol. The van der Waals surface area contributed by atoms with Crippen LogP contribution in [0.25, 0.3) is 0 Å². The number of amides is 1. The minimum atomic E-state index is -0.926. The molecule has 1 N–H and O–H groups in total. The molecule has 1 atom stereocenters. The quantitative estimate of drug-likeness (QED) is 0.865. The molecule has 5 heteroatoms. The fourth-order valence-electron chi connectivity index (χ4n) is 2.00. The number of aliphatic carboxylic acids is 1. The number of aryl methyl sites for hydroxylation is 2. The minimum absolute atomic E-state index is 0.0698. The lowest BCUT2D eigenvalue weighted by atomic mass is 10.1. The molecule has 1 amide bonds. The van der Waals surface area contributed by atoms with E-state index >= 15 is 0 Å². The second kappa shape index (κ2) is 7.05. The lowest BCUT2D eigenvalue weighted by Crippen LogP contribution is -2.39. The Morgan fingerprint density at radius 1 is 1.35 bits per heavy atom. The summed E-state index contributed by atoms with van der Waals surface area (Å²) in [5, 5.41) is 9.03. The van der Waals surface area contributed by atoms with Crippen molar-refractivity contribution < 1.29 is 19.4 Å². The van der Waals surface area contributed by atoms with Crippen molar-refractivity contribution in [1.29, 1.82) is 0 Å². The monoisotopic (exact) mass is 279 g/mol. The Bertz CT molecular complexity index is 499. The van der Waals surface area contributed by atoms with Crippen LogP contribution in [-0.2, 0) is 14.3 Å². The summed E-state index contributed by atoms with van der Waals surface area (Å²) in [4.78, 5) is 24.6. The Balaban J connectivity index is 3.09. The number of carbonyl (C=O) groups excluding carboxylic acids is 1. The lowest BCUT2D eigenvalue weighted by Gasteiger charge is -2.26. The lowest BCUT2D eigenvalue weighted by molar-refractivity contribution is -0.140. The number of carboxylic acid groups (broad SMARTS) is 1. The van der Waals surface area contributed by atoms with E-state index in [9.17, 15) is 9.59 Å². The predicted octanol–water partition coefficient (Wildman–Crippen LogP) is 2.00. The van der Waals surface area contributed by atoms with Crippen molar-refractivity contribution in [1.82, 2.24) is 0 Å². The van der Waals surface area contributed by atoms with Gasteiger partial charge in [-0.05, 0) is 25.5 Å². The number of hydrogen-bond acceptors (Lipinski definition) is 3. The highest BCUT2D eigenvalue weighted by atomic mass is 16.5. The molecule has 0 saturated carbocycles. The van der Waals surface area contributed by atoms with Crippen molar-refractivity contribution in [2.45, 2.75) is 20.8 Å². The standard InChI is InChI=1S/C15H21NO4/c1-10-5-6-13(11(2)7-10)16(14(17)9-20-4)8-12(3)15(18)19/h5-7,12H,8-9H2,1-4H3,(H,18,19). The Morgan fingerprint density at radius 2 is 2.00 bits per heavy atom. The first-order chi connectivity index (χ1) is 9.36. The molecule has 1 aromatic carbocycles. The molecule has 0 aliphatic carbocycles. The molecule has 0 heterocycles. The number of anilines is 1. The number of carboxylic acids is 1. The largest absolute Gasteiger partial charge is 0.481 e. The highest BCUT2D eigenvalue weighted by Crippen LogP contribution is 2.22. The van der Waals surface area contributed by atoms with Gasteiger partial charge in [-0.1, -0.05) is 24.6 Å². The summed E-state index contributed by atoms with van der Waals surface area (Å²) in [7, 11) is 1.44. The second-order valence-corrected chi connectivity index (χ2v) is 4.97. The van der Waals surface area contributed by atoms with Crippen LogP contribution in [0.3, 0.4) is 0 Å². The summed E-state index contributed by atoms with van der Waals surface area (Å²) in [6.45, 7) is 5.51. The van der Waals surface area contributed by atoms with E-state index in [1.165, 1.54) is 12.0 Å². The number of carbonyl (C=O) groups is 2. The molecule has 0 fully saturated rings. The van der Waals surface area contributed by atoms with Crippen molar-refractivity contribution in [3.05, 3.63) is 29.3 Å². The van der Waals surface area contributed by atoms with Gasteiger partial charge in [-0.25, -0.2) is 0 Å². The summed E-state index contributed by atoms with van der Waals surface area (Å²) in [6.07, 6.45) is 0. The number of methoxy groups -OCH3 is 1. The third-order valence-corrected chi connectivity index (χ3v) is 3.09. The van der Waals surface area contributed by atoms with Crippen LogP contribution in [0.4, 0.5) is 5.69 Å². The number of nitrogens with zero attached hydrogens (tertiary/aromatic N) is 1. The summed E-state index contributed by atoms with van der Waals surface area (Å²) in [5.41, 5.74) is 2.76. The molecule has 0 bridgehead atoms. The van der Waals surface area contributed by atoms with Crippen LogP contribution in [-0.4, -0.2) is 37.2 Å². The van der Waals surface area contributed by atoms with Crippen LogP contribution in [0, 0.1) is 19.8 Å². The van der Waals surface area contributed by atoms with Crippen LogP contribution in [0.1, 0.15) is 18.1 Å². The van der Waals surface area contributed by atoms with Crippen LogP contribution in [0.5, 0.6) is 0 Å². The maximum absolute atomic E-state index is 12.1. The zero-order valence-corrected chi connectivity index (χ0v) is 12.3. The van der Waals surface area contributed by atoms with Crippen molar-refractivity contribution in [3.63, 3.8) is 0 Å². The van der Waals surface area contributed by atoms with Crippen LogP contribution in [0.15, 0.2) is 18.2 Å². The van der Waals surface area contributed by atoms with Gasteiger partial charge in [0.25, 0.3) is 5.91 Å². The molecule has 5 nitrogen and oxygen atoms in total. The van der Waals surface area contributed by atoms with E-state index in [1.54, 1.807) is 6.92 Å². The Morgan fingerprint density at radius 3 is 2.50 bits per heavy atom. The zero-order chi connectivity index (χ0) is 15.3. The Labute approximate surface area is 119 Å². The van der Waals surface area contributed by atoms with Gasteiger partial charge in [0.15, 0.2) is 0 Å². The Kier molecular flexibility index (Phi) is 5.70. The summed E-state index contributed by atoms with van der Waals surface area (Å²) in [5.74, 6) is -1.81. The van der Waals surface area contributed by atoms with E-state index in [0.29, 0.717) is 0 Å². The topological polar surface area (TPSA) is 66.8 Å². The third-order valence-electron chi connectivity index (χ3n) is 3.09. The molecule has 0 spiro atoms. The molecular weight excluding hydrogens is 258 g/mol. The molecule has 0 saturated heterocycles. The molecule has 0 radical (unpaired) electrons. The fraction of sp³-hybridized carbons (Fsp3) is 0.467. The number of ether oxygens (including phenoxy) is 1. The SMILES string of the molecule is COCC(=O)N(CC(C)C(=O)O)c1ccc(C)cc1C. The van der Waals surface area contributed by atoms with E-state index < -0.39 is 11.9 Å². The van der Waals surface area contributed by atoms with Gasteiger partial charge in [0.1, 0.15) is 6.61 Å².